The summed E-state index contributed by atoms with van der Waals surface area (Å²) in [4.78, 5) is 0. The summed E-state index contributed by atoms with van der Waals surface area (Å²) in [6.45, 7) is 4.84. The third kappa shape index (κ3) is 4.16. The van der Waals surface area contributed by atoms with Crippen LogP contribution in [0.4, 0.5) is 4.39 Å². The van der Waals surface area contributed by atoms with Crippen LogP contribution in [0.25, 0.3) is 0 Å². The lowest BCUT2D eigenvalue weighted by Gasteiger charge is -2.37. The van der Waals surface area contributed by atoms with E-state index in [1.807, 2.05) is 42.5 Å². The fraction of sp³-hybridized carbons (Fsp3) is 0.318. The van der Waals surface area contributed by atoms with Gasteiger partial charge < -0.3 is 4.74 Å². The zero-order valence-corrected chi connectivity index (χ0v) is 15.4. The molecule has 0 aromatic heterocycles. The Labute approximate surface area is 154 Å². The molecule has 0 saturated carbocycles. The van der Waals surface area contributed by atoms with Crippen LogP contribution in [0, 0.1) is 23.6 Å². The summed E-state index contributed by atoms with van der Waals surface area (Å²) in [5.74, 6) is 0.697. The molecule has 0 heterocycles. The minimum absolute atomic E-state index is 0.101. The minimum Gasteiger partial charge on any atom is -0.482 e. The van der Waals surface area contributed by atoms with Gasteiger partial charge in [-0.05, 0) is 47.3 Å². The van der Waals surface area contributed by atoms with Crippen LogP contribution in [-0.4, -0.2) is 5.05 Å². The summed E-state index contributed by atoms with van der Waals surface area (Å²) in [5.41, 5.74) is 2.22. The van der Waals surface area contributed by atoms with Gasteiger partial charge in [0.2, 0.25) is 0 Å². The highest BCUT2D eigenvalue weighted by molar-refractivity contribution is 7.80. The van der Waals surface area contributed by atoms with Gasteiger partial charge >= 0.3 is 0 Å². The number of rotatable bonds is 4. The summed E-state index contributed by atoms with van der Waals surface area (Å²) >= 11 is 5.68. The molecule has 3 rings (SSSR count). The maximum atomic E-state index is 13.3. The maximum Gasteiger partial charge on any atom is 0.164 e. The summed E-state index contributed by atoms with van der Waals surface area (Å²) in [7, 11) is 0. The topological polar surface area (TPSA) is 9.23 Å². The van der Waals surface area contributed by atoms with Gasteiger partial charge in [-0.3, -0.25) is 0 Å². The van der Waals surface area contributed by atoms with E-state index in [1.54, 1.807) is 0 Å². The quantitative estimate of drug-likeness (QED) is 0.498. The van der Waals surface area contributed by atoms with Crippen LogP contribution < -0.4 is 0 Å². The molecule has 0 amide bonds. The van der Waals surface area contributed by atoms with Crippen LogP contribution in [0.15, 0.2) is 66.7 Å². The smallest absolute Gasteiger partial charge is 0.164 e. The molecular formula is C22H23FOS. The Morgan fingerprint density at radius 1 is 0.960 bits per heavy atom. The number of halogens is 1. The summed E-state index contributed by atoms with van der Waals surface area (Å²) in [6, 6.07) is 16.8. The first-order chi connectivity index (χ1) is 12.1. The monoisotopic (exact) mass is 354 g/mol. The Balaban J connectivity index is 1.81. The molecule has 0 saturated heterocycles. The zero-order chi connectivity index (χ0) is 17.8. The average Bonchev–Trinajstić information content (AvgIpc) is 2.63. The summed E-state index contributed by atoms with van der Waals surface area (Å²) in [6.07, 6.45) is 4.45. The largest absolute Gasteiger partial charge is 0.482 e. The van der Waals surface area contributed by atoms with Crippen molar-refractivity contribution in [3.63, 3.8) is 0 Å². The van der Waals surface area contributed by atoms with E-state index >= 15 is 0 Å². The molecule has 0 N–H and O–H groups in total. The molecule has 0 bridgehead atoms. The predicted molar refractivity (Wildman–Crippen MR) is 104 cm³/mol. The third-order valence-electron chi connectivity index (χ3n) is 4.99. The second kappa shape index (κ2) is 7.92. The van der Waals surface area contributed by atoms with Crippen molar-refractivity contribution in [1.82, 2.24) is 0 Å². The van der Waals surface area contributed by atoms with Gasteiger partial charge in [0, 0.05) is 11.8 Å². The van der Waals surface area contributed by atoms with Crippen molar-refractivity contribution < 1.29 is 9.13 Å². The van der Waals surface area contributed by atoms with Crippen LogP contribution >= 0.6 is 12.2 Å². The van der Waals surface area contributed by atoms with Crippen molar-refractivity contribution in [3.8, 4) is 0 Å². The first-order valence-electron chi connectivity index (χ1n) is 8.70. The van der Waals surface area contributed by atoms with Gasteiger partial charge in [-0.25, -0.2) is 4.39 Å². The van der Waals surface area contributed by atoms with Gasteiger partial charge in [-0.2, -0.15) is 0 Å². The predicted octanol–water partition coefficient (Wildman–Crippen LogP) is 5.91. The molecule has 1 aliphatic rings. The lowest BCUT2D eigenvalue weighted by Crippen LogP contribution is -2.34. The van der Waals surface area contributed by atoms with E-state index in [4.69, 9.17) is 17.0 Å². The Bertz CT molecular complexity index is 738. The van der Waals surface area contributed by atoms with Gasteiger partial charge in [-0.15, -0.1) is 0 Å². The number of hydrogen-bond donors (Lipinski definition) is 0. The van der Waals surface area contributed by atoms with Crippen LogP contribution in [0.2, 0.25) is 0 Å². The molecule has 1 nitrogen and oxygen atoms in total. The van der Waals surface area contributed by atoms with Crippen molar-refractivity contribution >= 4 is 17.3 Å². The molecule has 25 heavy (non-hydrogen) atoms. The van der Waals surface area contributed by atoms with Gasteiger partial charge in [0.1, 0.15) is 12.4 Å². The molecule has 2 aromatic carbocycles. The molecule has 0 fully saturated rings. The molecule has 3 heteroatoms. The van der Waals surface area contributed by atoms with Crippen molar-refractivity contribution in [3.05, 3.63) is 83.7 Å². The lowest BCUT2D eigenvalue weighted by molar-refractivity contribution is 0.242. The summed E-state index contributed by atoms with van der Waals surface area (Å²) in [5, 5.41) is 0.641. The Morgan fingerprint density at radius 3 is 2.28 bits per heavy atom. The molecule has 130 valence electrons. The normalized spacial score (nSPS) is 25.6. The van der Waals surface area contributed by atoms with E-state index in [2.05, 4.69) is 26.0 Å². The van der Waals surface area contributed by atoms with Crippen molar-refractivity contribution in [2.75, 3.05) is 0 Å². The molecule has 1 aliphatic carbocycles. The zero-order valence-electron chi connectivity index (χ0n) is 14.6. The first-order valence-corrected chi connectivity index (χ1v) is 9.11. The molecule has 0 radical (unpaired) electrons. The Morgan fingerprint density at radius 2 is 1.60 bits per heavy atom. The molecule has 2 unspecified atom stereocenters. The van der Waals surface area contributed by atoms with E-state index in [1.165, 1.54) is 12.1 Å². The van der Waals surface area contributed by atoms with Crippen LogP contribution in [0.5, 0.6) is 0 Å². The molecular weight excluding hydrogens is 331 g/mol. The van der Waals surface area contributed by atoms with Crippen LogP contribution in [0.3, 0.4) is 0 Å². The average molecular weight is 354 g/mol. The van der Waals surface area contributed by atoms with E-state index in [-0.39, 0.29) is 23.6 Å². The molecule has 4 atom stereocenters. The van der Waals surface area contributed by atoms with Crippen molar-refractivity contribution in [2.24, 2.45) is 17.8 Å². The Hall–Kier alpha value is -2.00. The van der Waals surface area contributed by atoms with Crippen molar-refractivity contribution in [1.29, 1.82) is 0 Å². The van der Waals surface area contributed by atoms with Crippen LogP contribution in [0.1, 0.15) is 30.9 Å². The molecule has 0 aliphatic heterocycles. The van der Waals surface area contributed by atoms with Gasteiger partial charge in [-0.1, -0.05) is 68.5 Å². The van der Waals surface area contributed by atoms with Crippen LogP contribution in [-0.2, 0) is 11.3 Å². The molecule has 2 aromatic rings. The number of benzene rings is 2. The minimum atomic E-state index is -0.213. The van der Waals surface area contributed by atoms with E-state index in [9.17, 15) is 4.39 Å². The lowest BCUT2D eigenvalue weighted by atomic mass is 9.69. The molecule has 0 spiro atoms. The van der Waals surface area contributed by atoms with Gasteiger partial charge in [0.25, 0.3) is 0 Å². The van der Waals surface area contributed by atoms with E-state index < -0.39 is 0 Å². The number of hydrogen-bond acceptors (Lipinski definition) is 2. The second-order valence-electron chi connectivity index (χ2n) is 6.80. The fourth-order valence-corrected chi connectivity index (χ4v) is 4.05. The van der Waals surface area contributed by atoms with E-state index in [0.717, 1.165) is 11.1 Å². The fourth-order valence-electron chi connectivity index (χ4n) is 3.63. The Kier molecular flexibility index (Phi) is 5.64. The summed E-state index contributed by atoms with van der Waals surface area (Å²) < 4.78 is 19.3. The highest BCUT2D eigenvalue weighted by Gasteiger charge is 2.37. The highest BCUT2D eigenvalue weighted by Crippen LogP contribution is 2.42. The van der Waals surface area contributed by atoms with Gasteiger partial charge in [0.15, 0.2) is 5.05 Å². The van der Waals surface area contributed by atoms with Crippen molar-refractivity contribution in [2.45, 2.75) is 26.4 Å². The van der Waals surface area contributed by atoms with Gasteiger partial charge in [0.05, 0.1) is 0 Å². The highest BCUT2D eigenvalue weighted by atomic mass is 32.1. The number of thiocarbonyl (C=S) groups is 1. The van der Waals surface area contributed by atoms with E-state index in [0.29, 0.717) is 17.6 Å². The second-order valence-corrected chi connectivity index (χ2v) is 7.20. The standard InChI is InChI=1S/C22H23FOS/c1-15-8-9-16(2)21(20(15)18-10-12-19(23)13-11-18)22(25)24-14-17-6-4-3-5-7-17/h3-13,15-16,20-21H,14H2,1-2H3/t15-,16+,20?,21?/m1/s1. The first kappa shape index (κ1) is 17.8. The number of ether oxygens (including phenoxy) is 1. The number of allylic oxidation sites excluding steroid dienone is 2. The SMILES string of the molecule is C[C@@H]1C=C[C@H](C)C(C(=S)OCc2ccccc2)C1c1ccc(F)cc1. The third-order valence-corrected chi connectivity index (χ3v) is 5.38. The maximum absolute atomic E-state index is 13.3.